The number of hydrogen-bond donors (Lipinski definition) is 3. The number of carbonyl (C=O) groups is 1. The Morgan fingerprint density at radius 3 is 2.79 bits per heavy atom. The minimum atomic E-state index is -0.249. The number of aryl methyl sites for hydroxylation is 1. The van der Waals surface area contributed by atoms with E-state index < -0.39 is 0 Å². The average Bonchev–Trinajstić information content (AvgIpc) is 3.37. The maximum atomic E-state index is 12.4. The van der Waals surface area contributed by atoms with Gasteiger partial charge < -0.3 is 24.9 Å². The standard InChI is InChI=1S/C24H28N8O/c1-15-25-12-18-6-5-17(13-32(15)18)28-21-19-11-20(29-22(19)27-14-26-21)16-7-9-31(10-8-16)23(33)30-24(2,3)4/h5-7,11-14H,8-10H2,1-4H3,(H,30,33)(H2,26,27,28,29). The number of anilines is 2. The molecule has 170 valence electrons. The van der Waals surface area contributed by atoms with Crippen LogP contribution in [0.3, 0.4) is 0 Å². The molecule has 3 N–H and O–H groups in total. The first-order valence-electron chi connectivity index (χ1n) is 11.1. The van der Waals surface area contributed by atoms with Gasteiger partial charge in [-0.25, -0.2) is 19.7 Å². The van der Waals surface area contributed by atoms with E-state index in [0.29, 0.717) is 13.1 Å². The molecule has 1 aliphatic rings. The molecule has 9 nitrogen and oxygen atoms in total. The first kappa shape index (κ1) is 21.0. The van der Waals surface area contributed by atoms with Crippen LogP contribution in [-0.4, -0.2) is 53.9 Å². The van der Waals surface area contributed by atoms with E-state index in [4.69, 9.17) is 0 Å². The summed E-state index contributed by atoms with van der Waals surface area (Å²) in [6, 6.07) is 6.09. The summed E-state index contributed by atoms with van der Waals surface area (Å²) in [6.45, 7) is 9.19. The lowest BCUT2D eigenvalue weighted by Crippen LogP contribution is -2.49. The second kappa shape index (κ2) is 7.91. The molecule has 0 aromatic carbocycles. The van der Waals surface area contributed by atoms with E-state index in [1.165, 1.54) is 5.57 Å². The number of imidazole rings is 1. The number of H-pyrrole nitrogens is 1. The maximum absolute atomic E-state index is 12.4. The van der Waals surface area contributed by atoms with Gasteiger partial charge in [0, 0.05) is 30.5 Å². The fourth-order valence-corrected chi connectivity index (χ4v) is 4.04. The highest BCUT2D eigenvalue weighted by Gasteiger charge is 2.22. The smallest absolute Gasteiger partial charge is 0.318 e. The monoisotopic (exact) mass is 444 g/mol. The van der Waals surface area contributed by atoms with Gasteiger partial charge in [0.15, 0.2) is 0 Å². The quantitative estimate of drug-likeness (QED) is 0.438. The number of carbonyl (C=O) groups excluding carboxylic acids is 1. The molecule has 0 spiro atoms. The predicted octanol–water partition coefficient (Wildman–Crippen LogP) is 4.25. The van der Waals surface area contributed by atoms with Crippen molar-refractivity contribution in [3.63, 3.8) is 0 Å². The minimum absolute atomic E-state index is 0.0307. The Balaban J connectivity index is 1.37. The molecule has 0 bridgehead atoms. The number of fused-ring (bicyclic) bond motifs is 2. The summed E-state index contributed by atoms with van der Waals surface area (Å²) in [7, 11) is 0. The third-order valence-corrected chi connectivity index (χ3v) is 5.72. The van der Waals surface area contributed by atoms with Gasteiger partial charge in [-0.05, 0) is 57.9 Å². The average molecular weight is 445 g/mol. The number of nitrogens with zero attached hydrogens (tertiary/aromatic N) is 5. The zero-order valence-corrected chi connectivity index (χ0v) is 19.3. The van der Waals surface area contributed by atoms with Crippen LogP contribution in [0.4, 0.5) is 16.3 Å². The molecule has 0 fully saturated rings. The normalized spacial score (nSPS) is 14.5. The number of aromatic amines is 1. The number of rotatable bonds is 3. The van der Waals surface area contributed by atoms with Crippen LogP contribution >= 0.6 is 0 Å². The molecule has 5 heterocycles. The largest absolute Gasteiger partial charge is 0.339 e. The first-order valence-corrected chi connectivity index (χ1v) is 11.1. The molecule has 0 unspecified atom stereocenters. The van der Waals surface area contributed by atoms with Crippen LogP contribution in [0.5, 0.6) is 0 Å². The molecule has 0 saturated carbocycles. The molecule has 33 heavy (non-hydrogen) atoms. The fourth-order valence-electron chi connectivity index (χ4n) is 4.04. The molecule has 0 aliphatic carbocycles. The molecule has 1 aliphatic heterocycles. The molecular formula is C24H28N8O. The molecule has 0 radical (unpaired) electrons. The van der Waals surface area contributed by atoms with Crippen molar-refractivity contribution >= 4 is 39.7 Å². The van der Waals surface area contributed by atoms with E-state index in [0.717, 1.165) is 46.0 Å². The Morgan fingerprint density at radius 2 is 2.03 bits per heavy atom. The van der Waals surface area contributed by atoms with Gasteiger partial charge in [-0.3, -0.25) is 0 Å². The molecule has 0 atom stereocenters. The van der Waals surface area contributed by atoms with Crippen molar-refractivity contribution in [3.05, 3.63) is 54.5 Å². The molecule has 2 amide bonds. The zero-order chi connectivity index (χ0) is 23.2. The SMILES string of the molecule is Cc1ncc2ccc(Nc3ncnc4[nH]c(C5=CCN(C(=O)NC(C)(C)C)CC5)cc34)cn12. The molecule has 4 aromatic rings. The van der Waals surface area contributed by atoms with Crippen LogP contribution in [0.25, 0.3) is 22.1 Å². The van der Waals surface area contributed by atoms with Gasteiger partial charge in [0.2, 0.25) is 0 Å². The maximum Gasteiger partial charge on any atom is 0.318 e. The van der Waals surface area contributed by atoms with Crippen LogP contribution in [0.1, 0.15) is 38.7 Å². The number of hydrogen-bond acceptors (Lipinski definition) is 5. The van der Waals surface area contributed by atoms with E-state index in [2.05, 4.69) is 42.7 Å². The third-order valence-electron chi connectivity index (χ3n) is 5.72. The summed E-state index contributed by atoms with van der Waals surface area (Å²) in [6.07, 6.45) is 8.30. The predicted molar refractivity (Wildman–Crippen MR) is 130 cm³/mol. The Kier molecular flexibility index (Phi) is 5.03. The Hall–Kier alpha value is -3.88. The summed E-state index contributed by atoms with van der Waals surface area (Å²) in [5, 5.41) is 7.36. The summed E-state index contributed by atoms with van der Waals surface area (Å²) in [4.78, 5) is 30.9. The van der Waals surface area contributed by atoms with E-state index >= 15 is 0 Å². The first-order chi connectivity index (χ1) is 15.8. The third kappa shape index (κ3) is 4.26. The number of nitrogens with one attached hydrogen (secondary N) is 3. The molecule has 4 aromatic heterocycles. The molecule has 5 rings (SSSR count). The van der Waals surface area contributed by atoms with E-state index in [1.807, 2.05) is 61.5 Å². The topological polar surface area (TPSA) is 103 Å². The summed E-state index contributed by atoms with van der Waals surface area (Å²) in [5.74, 6) is 1.67. The lowest BCUT2D eigenvalue weighted by Gasteiger charge is -2.30. The zero-order valence-electron chi connectivity index (χ0n) is 19.3. The number of amides is 2. The Bertz CT molecular complexity index is 1370. The summed E-state index contributed by atoms with van der Waals surface area (Å²) in [5.41, 5.74) is 4.67. The summed E-state index contributed by atoms with van der Waals surface area (Å²) < 4.78 is 2.04. The van der Waals surface area contributed by atoms with Gasteiger partial charge >= 0.3 is 6.03 Å². The Labute approximate surface area is 191 Å². The van der Waals surface area contributed by atoms with Gasteiger partial charge in [-0.15, -0.1) is 0 Å². The Morgan fingerprint density at radius 1 is 1.18 bits per heavy atom. The van der Waals surface area contributed by atoms with Crippen molar-refractivity contribution in [3.8, 4) is 0 Å². The van der Waals surface area contributed by atoms with Crippen LogP contribution in [0, 0.1) is 6.92 Å². The van der Waals surface area contributed by atoms with Crippen LogP contribution in [-0.2, 0) is 0 Å². The van der Waals surface area contributed by atoms with Crippen molar-refractivity contribution in [2.24, 2.45) is 0 Å². The van der Waals surface area contributed by atoms with Gasteiger partial charge in [-0.2, -0.15) is 0 Å². The van der Waals surface area contributed by atoms with E-state index in [9.17, 15) is 4.79 Å². The lowest BCUT2D eigenvalue weighted by molar-refractivity contribution is 0.193. The molecule has 0 saturated heterocycles. The van der Waals surface area contributed by atoms with Crippen LogP contribution < -0.4 is 10.6 Å². The number of aromatic nitrogens is 5. The lowest BCUT2D eigenvalue weighted by atomic mass is 10.0. The van der Waals surface area contributed by atoms with Gasteiger partial charge in [-0.1, -0.05) is 6.08 Å². The van der Waals surface area contributed by atoms with E-state index in [1.54, 1.807) is 6.33 Å². The fraction of sp³-hybridized carbons (Fsp3) is 0.333. The van der Waals surface area contributed by atoms with Crippen molar-refractivity contribution in [1.82, 2.24) is 34.6 Å². The van der Waals surface area contributed by atoms with Gasteiger partial charge in [0.1, 0.15) is 23.6 Å². The second-order valence-corrected chi connectivity index (χ2v) is 9.42. The van der Waals surface area contributed by atoms with Gasteiger partial charge in [0.05, 0.1) is 22.8 Å². The van der Waals surface area contributed by atoms with Crippen molar-refractivity contribution < 1.29 is 4.79 Å². The molecule has 9 heteroatoms. The highest BCUT2D eigenvalue weighted by molar-refractivity contribution is 5.92. The minimum Gasteiger partial charge on any atom is -0.339 e. The van der Waals surface area contributed by atoms with Crippen molar-refractivity contribution in [2.45, 2.75) is 39.7 Å². The molecular weight excluding hydrogens is 416 g/mol. The number of pyridine rings is 1. The highest BCUT2D eigenvalue weighted by Crippen LogP contribution is 2.29. The summed E-state index contributed by atoms with van der Waals surface area (Å²) >= 11 is 0. The second-order valence-electron chi connectivity index (χ2n) is 9.42. The van der Waals surface area contributed by atoms with Crippen molar-refractivity contribution in [2.75, 3.05) is 18.4 Å². The van der Waals surface area contributed by atoms with Crippen LogP contribution in [0.2, 0.25) is 0 Å². The van der Waals surface area contributed by atoms with Gasteiger partial charge in [0.25, 0.3) is 0 Å². The highest BCUT2D eigenvalue weighted by atomic mass is 16.2. The van der Waals surface area contributed by atoms with Crippen molar-refractivity contribution in [1.29, 1.82) is 0 Å². The number of urea groups is 1. The van der Waals surface area contributed by atoms with E-state index in [-0.39, 0.29) is 11.6 Å². The van der Waals surface area contributed by atoms with Crippen LogP contribution in [0.15, 0.2) is 43.0 Å².